The zero-order valence-corrected chi connectivity index (χ0v) is 17.9. The van der Waals surface area contributed by atoms with E-state index >= 15 is 0 Å². The van der Waals surface area contributed by atoms with E-state index < -0.39 is 0 Å². The molecule has 0 spiro atoms. The Bertz CT molecular complexity index is 1270. The Hall–Kier alpha value is -4.16. The van der Waals surface area contributed by atoms with Crippen LogP contribution in [0.3, 0.4) is 0 Å². The molecule has 0 heterocycles. The molecule has 0 saturated carbocycles. The number of hydrogen-bond donors (Lipinski definition) is 0. The van der Waals surface area contributed by atoms with E-state index in [-0.39, 0.29) is 0 Å². The van der Waals surface area contributed by atoms with Gasteiger partial charge in [0.25, 0.3) is 0 Å². The Kier molecular flexibility index (Phi) is 5.76. The van der Waals surface area contributed by atoms with Crippen LogP contribution in [0, 0.1) is 0 Å². The lowest BCUT2D eigenvalue weighted by atomic mass is 9.85. The summed E-state index contributed by atoms with van der Waals surface area (Å²) in [7, 11) is 0. The summed E-state index contributed by atoms with van der Waals surface area (Å²) in [4.78, 5) is 0. The molecule has 0 heteroatoms. The van der Waals surface area contributed by atoms with E-state index in [9.17, 15) is 0 Å². The average molecular weight is 409 g/mol. The maximum Gasteiger partial charge on any atom is -0.00266 e. The molecule has 0 aromatic heterocycles. The molecule has 0 radical (unpaired) electrons. The lowest BCUT2D eigenvalue weighted by Gasteiger charge is -2.18. The van der Waals surface area contributed by atoms with Gasteiger partial charge in [0.05, 0.1) is 0 Å². The highest BCUT2D eigenvalue weighted by molar-refractivity contribution is 6.04. The molecular weight excluding hydrogens is 384 g/mol. The number of benzene rings is 5. The van der Waals surface area contributed by atoms with Gasteiger partial charge in [0, 0.05) is 0 Å². The molecule has 0 nitrogen and oxygen atoms in total. The molecule has 0 aliphatic carbocycles. The van der Waals surface area contributed by atoms with Gasteiger partial charge in [-0.2, -0.15) is 0 Å². The Morgan fingerprint density at radius 2 is 0.625 bits per heavy atom. The van der Waals surface area contributed by atoms with Crippen LogP contribution >= 0.6 is 0 Å². The second-order valence-electron chi connectivity index (χ2n) is 7.79. The van der Waals surface area contributed by atoms with Crippen molar-refractivity contribution in [1.82, 2.24) is 0 Å². The van der Waals surface area contributed by atoms with E-state index in [1.165, 1.54) is 44.5 Å². The lowest BCUT2D eigenvalue weighted by Crippen LogP contribution is -1.97. The molecule has 5 rings (SSSR count). The van der Waals surface area contributed by atoms with Crippen LogP contribution < -0.4 is 0 Å². The van der Waals surface area contributed by atoms with Crippen LogP contribution in [-0.2, 0) is 0 Å². The molecule has 0 saturated heterocycles. The molecule has 152 valence electrons. The standard InChI is InChI=1S/C32H24/c1-5-14-25(15-6-1)29-22-13-23-30(24-29)32(28-20-11-4-12-21-28)31(26-16-7-2-8-17-26)27-18-9-3-10-19-27/h1-24H. The summed E-state index contributed by atoms with van der Waals surface area (Å²) >= 11 is 0. The number of hydrogen-bond acceptors (Lipinski definition) is 0. The zero-order chi connectivity index (χ0) is 21.6. The van der Waals surface area contributed by atoms with Crippen molar-refractivity contribution in [2.75, 3.05) is 0 Å². The zero-order valence-electron chi connectivity index (χ0n) is 17.9. The second kappa shape index (κ2) is 9.32. The van der Waals surface area contributed by atoms with Crippen LogP contribution in [0.2, 0.25) is 0 Å². The smallest absolute Gasteiger partial charge is 0.00266 e. The molecule has 5 aromatic rings. The highest BCUT2D eigenvalue weighted by Crippen LogP contribution is 2.37. The molecule has 0 fully saturated rings. The van der Waals surface area contributed by atoms with Gasteiger partial charge in [-0.15, -0.1) is 0 Å². The Morgan fingerprint density at radius 1 is 0.281 bits per heavy atom. The summed E-state index contributed by atoms with van der Waals surface area (Å²) in [6.45, 7) is 0. The fourth-order valence-electron chi connectivity index (χ4n) is 4.21. The van der Waals surface area contributed by atoms with Crippen molar-refractivity contribution in [2.24, 2.45) is 0 Å². The molecule has 0 bridgehead atoms. The van der Waals surface area contributed by atoms with Crippen molar-refractivity contribution < 1.29 is 0 Å². The number of rotatable bonds is 5. The van der Waals surface area contributed by atoms with Crippen LogP contribution in [0.25, 0.3) is 22.3 Å². The molecule has 0 atom stereocenters. The minimum absolute atomic E-state index is 1.21. The van der Waals surface area contributed by atoms with Crippen LogP contribution in [0.5, 0.6) is 0 Å². The van der Waals surface area contributed by atoms with E-state index in [4.69, 9.17) is 0 Å². The molecule has 0 aliphatic rings. The Labute approximate surface area is 190 Å². The normalized spacial score (nSPS) is 10.5. The van der Waals surface area contributed by atoms with E-state index in [0.29, 0.717) is 0 Å². The minimum atomic E-state index is 1.21. The molecule has 0 N–H and O–H groups in total. The van der Waals surface area contributed by atoms with Gasteiger partial charge in [-0.3, -0.25) is 0 Å². The summed E-state index contributed by atoms with van der Waals surface area (Å²) in [5, 5.41) is 0. The van der Waals surface area contributed by atoms with Crippen LogP contribution in [0.1, 0.15) is 22.3 Å². The van der Waals surface area contributed by atoms with E-state index in [1.54, 1.807) is 0 Å². The van der Waals surface area contributed by atoms with Crippen LogP contribution in [0.4, 0.5) is 0 Å². The van der Waals surface area contributed by atoms with Gasteiger partial charge in [0.2, 0.25) is 0 Å². The molecule has 0 aliphatic heterocycles. The van der Waals surface area contributed by atoms with E-state index in [1.807, 2.05) is 0 Å². The van der Waals surface area contributed by atoms with Gasteiger partial charge in [-0.1, -0.05) is 140 Å². The van der Waals surface area contributed by atoms with Gasteiger partial charge in [-0.25, -0.2) is 0 Å². The topological polar surface area (TPSA) is 0 Å². The second-order valence-corrected chi connectivity index (χ2v) is 7.79. The maximum atomic E-state index is 2.31. The van der Waals surface area contributed by atoms with Gasteiger partial charge in [0.1, 0.15) is 0 Å². The van der Waals surface area contributed by atoms with Crippen molar-refractivity contribution in [1.29, 1.82) is 0 Å². The monoisotopic (exact) mass is 408 g/mol. The Morgan fingerprint density at radius 3 is 1.09 bits per heavy atom. The van der Waals surface area contributed by atoms with Gasteiger partial charge in [0.15, 0.2) is 0 Å². The largest absolute Gasteiger partial charge is 0.0622 e. The van der Waals surface area contributed by atoms with Gasteiger partial charge in [-0.05, 0) is 50.6 Å². The first-order valence-electron chi connectivity index (χ1n) is 11.0. The van der Waals surface area contributed by atoms with Crippen molar-refractivity contribution in [2.45, 2.75) is 0 Å². The predicted octanol–water partition coefficient (Wildman–Crippen LogP) is 8.36. The first kappa shape index (κ1) is 19.8. The summed E-state index contributed by atoms with van der Waals surface area (Å²) in [5.41, 5.74) is 9.76. The van der Waals surface area contributed by atoms with Crippen molar-refractivity contribution in [3.8, 4) is 11.1 Å². The minimum Gasteiger partial charge on any atom is -0.0622 e. The Balaban J connectivity index is 1.82. The van der Waals surface area contributed by atoms with Gasteiger partial charge >= 0.3 is 0 Å². The highest BCUT2D eigenvalue weighted by atomic mass is 14.2. The van der Waals surface area contributed by atoms with E-state index in [2.05, 4.69) is 146 Å². The summed E-state index contributed by atoms with van der Waals surface area (Å²) in [6, 6.07) is 51.6. The van der Waals surface area contributed by atoms with Crippen molar-refractivity contribution in [3.05, 3.63) is 168 Å². The summed E-state index contributed by atoms with van der Waals surface area (Å²) in [5.74, 6) is 0. The summed E-state index contributed by atoms with van der Waals surface area (Å²) in [6.07, 6.45) is 0. The fourth-order valence-corrected chi connectivity index (χ4v) is 4.21. The predicted molar refractivity (Wildman–Crippen MR) is 136 cm³/mol. The molecular formula is C32H24. The van der Waals surface area contributed by atoms with Crippen molar-refractivity contribution in [3.63, 3.8) is 0 Å². The quantitative estimate of drug-likeness (QED) is 0.256. The molecule has 0 unspecified atom stereocenters. The van der Waals surface area contributed by atoms with Crippen LogP contribution in [0.15, 0.2) is 146 Å². The molecule has 0 amide bonds. The molecule has 32 heavy (non-hydrogen) atoms. The maximum absolute atomic E-state index is 2.31. The van der Waals surface area contributed by atoms with Crippen molar-refractivity contribution >= 4 is 11.1 Å². The molecule has 5 aromatic carbocycles. The third-order valence-electron chi connectivity index (χ3n) is 5.70. The first-order valence-corrected chi connectivity index (χ1v) is 11.0. The third-order valence-corrected chi connectivity index (χ3v) is 5.70. The first-order chi connectivity index (χ1) is 15.9. The average Bonchev–Trinajstić information content (AvgIpc) is 2.89. The van der Waals surface area contributed by atoms with Crippen LogP contribution in [-0.4, -0.2) is 0 Å². The highest BCUT2D eigenvalue weighted by Gasteiger charge is 2.16. The third kappa shape index (κ3) is 4.17. The fraction of sp³-hybridized carbons (Fsp3) is 0. The summed E-state index contributed by atoms with van der Waals surface area (Å²) < 4.78 is 0. The SMILES string of the molecule is c1ccc(C(=C(c2ccccc2)c2cccc(-c3ccccc3)c2)c2ccccc2)cc1. The van der Waals surface area contributed by atoms with Gasteiger partial charge < -0.3 is 0 Å². The lowest BCUT2D eigenvalue weighted by molar-refractivity contribution is 1.50. The van der Waals surface area contributed by atoms with E-state index in [0.717, 1.165) is 0 Å².